The van der Waals surface area contributed by atoms with E-state index in [1.165, 1.54) is 0 Å². The monoisotopic (exact) mass is 265 g/mol. The lowest BCUT2D eigenvalue weighted by atomic mass is 10.3. The van der Waals surface area contributed by atoms with E-state index in [1.54, 1.807) is 13.2 Å². The van der Waals surface area contributed by atoms with Crippen LogP contribution in [0.2, 0.25) is 0 Å². The maximum Gasteiger partial charge on any atom is 0.238 e. The number of likely N-dealkylation sites (N-methyl/N-ethyl adjacent to an activating group) is 1. The standard InChI is InChI=1S/C14H23N3O2/c1-11(10-17(2)3)15-9-14(18)16-12-6-5-7-13(8-12)19-4/h5-8,11,15H,9-10H2,1-4H3,(H,16,18). The molecule has 1 atom stereocenters. The Morgan fingerprint density at radius 3 is 2.79 bits per heavy atom. The van der Waals surface area contributed by atoms with Gasteiger partial charge in [-0.05, 0) is 33.2 Å². The molecule has 2 N–H and O–H groups in total. The second-order valence-electron chi connectivity index (χ2n) is 4.82. The maximum absolute atomic E-state index is 11.8. The third-order valence-corrected chi connectivity index (χ3v) is 2.60. The summed E-state index contributed by atoms with van der Waals surface area (Å²) in [5.74, 6) is 0.672. The van der Waals surface area contributed by atoms with Crippen LogP contribution < -0.4 is 15.4 Å². The van der Waals surface area contributed by atoms with Crippen LogP contribution >= 0.6 is 0 Å². The number of amides is 1. The van der Waals surface area contributed by atoms with Gasteiger partial charge in [-0.3, -0.25) is 4.79 Å². The summed E-state index contributed by atoms with van der Waals surface area (Å²) in [4.78, 5) is 13.9. The molecule has 1 rings (SSSR count). The molecule has 0 aliphatic rings. The molecule has 0 aromatic heterocycles. The van der Waals surface area contributed by atoms with Gasteiger partial charge in [0.15, 0.2) is 0 Å². The van der Waals surface area contributed by atoms with Crippen molar-refractivity contribution in [3.63, 3.8) is 0 Å². The molecule has 106 valence electrons. The van der Waals surface area contributed by atoms with Crippen LogP contribution in [-0.2, 0) is 4.79 Å². The summed E-state index contributed by atoms with van der Waals surface area (Å²) in [5.41, 5.74) is 0.742. The topological polar surface area (TPSA) is 53.6 Å². The van der Waals surface area contributed by atoms with Gasteiger partial charge in [0.25, 0.3) is 0 Å². The van der Waals surface area contributed by atoms with E-state index in [-0.39, 0.29) is 11.9 Å². The number of hydrogen-bond acceptors (Lipinski definition) is 4. The number of benzene rings is 1. The van der Waals surface area contributed by atoms with E-state index < -0.39 is 0 Å². The van der Waals surface area contributed by atoms with Crippen LogP contribution in [0.1, 0.15) is 6.92 Å². The first-order chi connectivity index (χ1) is 9.01. The molecule has 0 aliphatic carbocycles. The fraction of sp³-hybridized carbons (Fsp3) is 0.500. The summed E-state index contributed by atoms with van der Waals surface area (Å²) in [7, 11) is 5.62. The molecule has 5 heteroatoms. The van der Waals surface area contributed by atoms with Crippen LogP contribution in [0.3, 0.4) is 0 Å². The Balaban J connectivity index is 2.38. The predicted octanol–water partition coefficient (Wildman–Crippen LogP) is 1.17. The highest BCUT2D eigenvalue weighted by Crippen LogP contribution is 2.16. The van der Waals surface area contributed by atoms with Crippen LogP contribution in [0.15, 0.2) is 24.3 Å². The molecule has 0 aliphatic heterocycles. The Morgan fingerprint density at radius 1 is 1.42 bits per heavy atom. The average molecular weight is 265 g/mol. The second kappa shape index (κ2) is 7.76. The summed E-state index contributed by atoms with van der Waals surface area (Å²) in [6.07, 6.45) is 0. The van der Waals surface area contributed by atoms with Gasteiger partial charge in [-0.2, -0.15) is 0 Å². The fourth-order valence-corrected chi connectivity index (χ4v) is 1.79. The summed E-state index contributed by atoms with van der Waals surface area (Å²) in [6.45, 7) is 3.25. The predicted molar refractivity (Wildman–Crippen MR) is 77.6 cm³/mol. The molecule has 0 saturated heterocycles. The quantitative estimate of drug-likeness (QED) is 0.777. The number of carbonyl (C=O) groups excluding carboxylic acids is 1. The molecule has 1 amide bonds. The Morgan fingerprint density at radius 2 is 2.16 bits per heavy atom. The molecule has 19 heavy (non-hydrogen) atoms. The Hall–Kier alpha value is -1.59. The molecule has 0 heterocycles. The van der Waals surface area contributed by atoms with Crippen molar-refractivity contribution < 1.29 is 9.53 Å². The Kier molecular flexibility index (Phi) is 6.32. The van der Waals surface area contributed by atoms with Crippen LogP contribution in [0, 0.1) is 0 Å². The molecule has 1 aromatic rings. The molecule has 1 aromatic carbocycles. The van der Waals surface area contributed by atoms with E-state index >= 15 is 0 Å². The highest BCUT2D eigenvalue weighted by Gasteiger charge is 2.07. The van der Waals surface area contributed by atoms with Crippen LogP contribution in [0.5, 0.6) is 5.75 Å². The average Bonchev–Trinajstić information content (AvgIpc) is 2.36. The van der Waals surface area contributed by atoms with Crippen molar-refractivity contribution >= 4 is 11.6 Å². The number of hydrogen-bond donors (Lipinski definition) is 2. The Bertz CT molecular complexity index is 407. The maximum atomic E-state index is 11.8. The van der Waals surface area contributed by atoms with E-state index in [1.807, 2.05) is 32.3 Å². The molecular formula is C14H23N3O2. The first-order valence-electron chi connectivity index (χ1n) is 6.33. The number of nitrogens with one attached hydrogen (secondary N) is 2. The zero-order valence-corrected chi connectivity index (χ0v) is 12.1. The van der Waals surface area contributed by atoms with Crippen LogP contribution in [0.25, 0.3) is 0 Å². The minimum absolute atomic E-state index is 0.0566. The summed E-state index contributed by atoms with van der Waals surface area (Å²) < 4.78 is 5.11. The molecule has 0 fully saturated rings. The number of methoxy groups -OCH3 is 1. The van der Waals surface area contributed by atoms with Gasteiger partial charge in [0.2, 0.25) is 5.91 Å². The minimum atomic E-state index is -0.0566. The Labute approximate surface area is 114 Å². The molecule has 5 nitrogen and oxygen atoms in total. The van der Waals surface area contributed by atoms with Crippen molar-refractivity contribution in [3.05, 3.63) is 24.3 Å². The van der Waals surface area contributed by atoms with Crippen molar-refractivity contribution in [2.75, 3.05) is 39.6 Å². The van der Waals surface area contributed by atoms with Gasteiger partial charge in [-0.1, -0.05) is 6.07 Å². The first-order valence-corrected chi connectivity index (χ1v) is 6.33. The number of rotatable bonds is 7. The lowest BCUT2D eigenvalue weighted by Crippen LogP contribution is -2.40. The minimum Gasteiger partial charge on any atom is -0.497 e. The summed E-state index contributed by atoms with van der Waals surface area (Å²) in [5, 5.41) is 6.01. The largest absolute Gasteiger partial charge is 0.497 e. The lowest BCUT2D eigenvalue weighted by molar-refractivity contribution is -0.115. The number of nitrogens with zero attached hydrogens (tertiary/aromatic N) is 1. The van der Waals surface area contributed by atoms with Crippen molar-refractivity contribution in [1.82, 2.24) is 10.2 Å². The van der Waals surface area contributed by atoms with Gasteiger partial charge in [-0.25, -0.2) is 0 Å². The SMILES string of the molecule is COc1cccc(NC(=O)CNC(C)CN(C)C)c1. The zero-order chi connectivity index (χ0) is 14.3. The highest BCUT2D eigenvalue weighted by atomic mass is 16.5. The van der Waals surface area contributed by atoms with Crippen molar-refractivity contribution in [2.45, 2.75) is 13.0 Å². The molecule has 0 spiro atoms. The lowest BCUT2D eigenvalue weighted by Gasteiger charge is -2.18. The van der Waals surface area contributed by atoms with Crippen LogP contribution in [-0.4, -0.2) is 51.1 Å². The summed E-state index contributed by atoms with van der Waals surface area (Å²) >= 11 is 0. The molecule has 0 saturated carbocycles. The number of carbonyl (C=O) groups is 1. The fourth-order valence-electron chi connectivity index (χ4n) is 1.79. The van der Waals surface area contributed by atoms with Crippen molar-refractivity contribution in [1.29, 1.82) is 0 Å². The van der Waals surface area contributed by atoms with Gasteiger partial charge in [0.05, 0.1) is 13.7 Å². The van der Waals surface area contributed by atoms with Crippen molar-refractivity contribution in [3.8, 4) is 5.75 Å². The van der Waals surface area contributed by atoms with Crippen molar-refractivity contribution in [2.24, 2.45) is 0 Å². The van der Waals surface area contributed by atoms with Gasteiger partial charge in [0, 0.05) is 24.3 Å². The van der Waals surface area contributed by atoms with E-state index in [0.717, 1.165) is 18.0 Å². The zero-order valence-electron chi connectivity index (χ0n) is 12.1. The highest BCUT2D eigenvalue weighted by molar-refractivity contribution is 5.92. The molecule has 1 unspecified atom stereocenters. The third kappa shape index (κ3) is 6.22. The van der Waals surface area contributed by atoms with Gasteiger partial charge < -0.3 is 20.3 Å². The number of ether oxygens (including phenoxy) is 1. The molecule has 0 radical (unpaired) electrons. The normalized spacial score (nSPS) is 12.3. The third-order valence-electron chi connectivity index (χ3n) is 2.60. The number of anilines is 1. The van der Waals surface area contributed by atoms with E-state index in [4.69, 9.17) is 4.74 Å². The molecule has 0 bridgehead atoms. The first kappa shape index (κ1) is 15.5. The summed E-state index contributed by atoms with van der Waals surface area (Å²) in [6, 6.07) is 7.58. The van der Waals surface area contributed by atoms with Gasteiger partial charge >= 0.3 is 0 Å². The second-order valence-corrected chi connectivity index (χ2v) is 4.82. The van der Waals surface area contributed by atoms with E-state index in [2.05, 4.69) is 22.5 Å². The van der Waals surface area contributed by atoms with Gasteiger partial charge in [0.1, 0.15) is 5.75 Å². The smallest absolute Gasteiger partial charge is 0.238 e. The molecular weight excluding hydrogens is 242 g/mol. The van der Waals surface area contributed by atoms with E-state index in [0.29, 0.717) is 6.54 Å². The van der Waals surface area contributed by atoms with Crippen LogP contribution in [0.4, 0.5) is 5.69 Å². The van der Waals surface area contributed by atoms with E-state index in [9.17, 15) is 4.79 Å². The van der Waals surface area contributed by atoms with Gasteiger partial charge in [-0.15, -0.1) is 0 Å².